The summed E-state index contributed by atoms with van der Waals surface area (Å²) in [5.74, 6) is 1.15. The molecule has 3 aromatic rings. The molecule has 0 saturated carbocycles. The highest BCUT2D eigenvalue weighted by atomic mass is 16.5. The second-order valence-corrected chi connectivity index (χ2v) is 5.67. The van der Waals surface area contributed by atoms with Crippen LogP contribution < -0.4 is 4.74 Å². The van der Waals surface area contributed by atoms with E-state index >= 15 is 0 Å². The van der Waals surface area contributed by atoms with Gasteiger partial charge in [0, 0.05) is 30.7 Å². The molecule has 1 aromatic carbocycles. The van der Waals surface area contributed by atoms with Crippen LogP contribution in [0, 0.1) is 0 Å². The van der Waals surface area contributed by atoms with E-state index in [0.29, 0.717) is 30.1 Å². The average molecular weight is 309 g/mol. The van der Waals surface area contributed by atoms with Crippen molar-refractivity contribution in [2.75, 3.05) is 7.11 Å². The van der Waals surface area contributed by atoms with Crippen LogP contribution in [0.1, 0.15) is 17.0 Å². The van der Waals surface area contributed by atoms with Crippen molar-refractivity contribution >= 4 is 0 Å². The van der Waals surface area contributed by atoms with E-state index in [1.807, 2.05) is 24.3 Å². The van der Waals surface area contributed by atoms with Crippen LogP contribution in [-0.4, -0.2) is 27.3 Å². The van der Waals surface area contributed by atoms with Crippen LogP contribution in [0.3, 0.4) is 0 Å². The van der Waals surface area contributed by atoms with E-state index in [-0.39, 0.29) is 5.89 Å². The van der Waals surface area contributed by atoms with Crippen LogP contribution in [0.25, 0.3) is 11.4 Å². The summed E-state index contributed by atoms with van der Waals surface area (Å²) >= 11 is 0. The Morgan fingerprint density at radius 1 is 1.13 bits per heavy atom. The zero-order valence-electron chi connectivity index (χ0n) is 12.6. The van der Waals surface area contributed by atoms with Crippen molar-refractivity contribution in [2.45, 2.75) is 18.4 Å². The number of ether oxygens (including phenoxy) is 1. The van der Waals surface area contributed by atoms with Crippen LogP contribution >= 0.6 is 0 Å². The van der Waals surface area contributed by atoms with Gasteiger partial charge in [0.1, 0.15) is 0 Å². The minimum atomic E-state index is -1.14. The average Bonchev–Trinajstić information content (AvgIpc) is 3.19. The summed E-state index contributed by atoms with van der Waals surface area (Å²) in [6, 6.07) is 11.5. The Balaban J connectivity index is 1.63. The molecule has 0 spiro atoms. The quantitative estimate of drug-likeness (QED) is 0.798. The highest BCUT2D eigenvalue weighted by molar-refractivity contribution is 5.53. The van der Waals surface area contributed by atoms with Crippen molar-refractivity contribution in [3.05, 3.63) is 59.6 Å². The summed E-state index contributed by atoms with van der Waals surface area (Å²) in [6.45, 7) is 0. The van der Waals surface area contributed by atoms with Gasteiger partial charge < -0.3 is 14.4 Å². The molecule has 1 aliphatic carbocycles. The first kappa shape index (κ1) is 13.9. The van der Waals surface area contributed by atoms with Gasteiger partial charge in [0.25, 0.3) is 5.89 Å². The largest absolute Gasteiger partial charge is 0.481 e. The van der Waals surface area contributed by atoms with E-state index in [2.05, 4.69) is 15.1 Å². The van der Waals surface area contributed by atoms with Gasteiger partial charge in [-0.05, 0) is 17.2 Å². The molecule has 0 amide bonds. The molecule has 0 unspecified atom stereocenters. The molecule has 1 N–H and O–H groups in total. The highest BCUT2D eigenvalue weighted by Crippen LogP contribution is 2.37. The summed E-state index contributed by atoms with van der Waals surface area (Å²) in [5.41, 5.74) is 1.79. The Bertz CT molecular complexity index is 817. The third-order valence-electron chi connectivity index (χ3n) is 4.11. The third kappa shape index (κ3) is 2.37. The molecule has 23 heavy (non-hydrogen) atoms. The van der Waals surface area contributed by atoms with Crippen molar-refractivity contribution in [1.29, 1.82) is 0 Å². The zero-order chi connectivity index (χ0) is 15.9. The van der Waals surface area contributed by atoms with Crippen molar-refractivity contribution in [2.24, 2.45) is 0 Å². The molecule has 4 rings (SSSR count). The van der Waals surface area contributed by atoms with Gasteiger partial charge in [0.2, 0.25) is 11.7 Å². The van der Waals surface area contributed by atoms with Gasteiger partial charge in [-0.3, -0.25) is 0 Å². The number of aliphatic hydroxyl groups is 1. The molecular weight excluding hydrogens is 294 g/mol. The number of hydrogen-bond donors (Lipinski definition) is 1. The predicted octanol–water partition coefficient (Wildman–Crippen LogP) is 2.13. The second kappa shape index (κ2) is 5.17. The van der Waals surface area contributed by atoms with Crippen molar-refractivity contribution in [3.63, 3.8) is 0 Å². The number of benzene rings is 1. The first-order valence-electron chi connectivity index (χ1n) is 7.32. The van der Waals surface area contributed by atoms with E-state index in [4.69, 9.17) is 9.26 Å². The maximum absolute atomic E-state index is 10.9. The fourth-order valence-corrected chi connectivity index (χ4v) is 2.91. The van der Waals surface area contributed by atoms with Crippen LogP contribution in [0.4, 0.5) is 0 Å². The summed E-state index contributed by atoms with van der Waals surface area (Å²) in [4.78, 5) is 8.49. The first-order chi connectivity index (χ1) is 11.2. The Labute approximate surface area is 132 Å². The fourth-order valence-electron chi connectivity index (χ4n) is 2.91. The molecule has 0 aliphatic heterocycles. The molecule has 116 valence electrons. The maximum Gasteiger partial charge on any atom is 0.259 e. The number of nitrogens with zero attached hydrogens (tertiary/aromatic N) is 3. The Morgan fingerprint density at radius 3 is 2.48 bits per heavy atom. The SMILES string of the molecule is COc1ccc(-c2noc(C3(O)Cc4ccccc4C3)n2)cn1. The summed E-state index contributed by atoms with van der Waals surface area (Å²) in [5, 5.41) is 14.9. The summed E-state index contributed by atoms with van der Waals surface area (Å²) in [7, 11) is 1.56. The van der Waals surface area contributed by atoms with Gasteiger partial charge in [-0.25, -0.2) is 4.98 Å². The van der Waals surface area contributed by atoms with Gasteiger partial charge in [-0.1, -0.05) is 29.4 Å². The molecule has 1 aliphatic rings. The van der Waals surface area contributed by atoms with Gasteiger partial charge in [0.05, 0.1) is 7.11 Å². The monoisotopic (exact) mass is 309 g/mol. The molecule has 2 heterocycles. The molecule has 0 atom stereocenters. The number of hydrogen-bond acceptors (Lipinski definition) is 6. The Hall–Kier alpha value is -2.73. The van der Waals surface area contributed by atoms with E-state index in [1.54, 1.807) is 25.4 Å². The van der Waals surface area contributed by atoms with Gasteiger partial charge in [-0.2, -0.15) is 4.98 Å². The highest BCUT2D eigenvalue weighted by Gasteiger charge is 2.41. The molecule has 0 fully saturated rings. The standard InChI is InChI=1S/C17H15N3O3/c1-22-14-7-6-13(10-18-14)15-19-16(23-20-15)17(21)8-11-4-2-3-5-12(11)9-17/h2-7,10,21H,8-9H2,1H3. The van der Waals surface area contributed by atoms with E-state index < -0.39 is 5.60 Å². The lowest BCUT2D eigenvalue weighted by molar-refractivity contribution is 0.0145. The number of fused-ring (bicyclic) bond motifs is 1. The van der Waals surface area contributed by atoms with Crippen molar-refractivity contribution < 1.29 is 14.4 Å². The van der Waals surface area contributed by atoms with Crippen LogP contribution in [0.2, 0.25) is 0 Å². The Kier molecular flexibility index (Phi) is 3.12. The fraction of sp³-hybridized carbons (Fsp3) is 0.235. The molecule has 2 aromatic heterocycles. The normalized spacial score (nSPS) is 15.4. The van der Waals surface area contributed by atoms with E-state index in [0.717, 1.165) is 11.1 Å². The third-order valence-corrected chi connectivity index (χ3v) is 4.11. The van der Waals surface area contributed by atoms with Crippen LogP contribution in [-0.2, 0) is 18.4 Å². The number of rotatable bonds is 3. The zero-order valence-corrected chi connectivity index (χ0v) is 12.6. The van der Waals surface area contributed by atoms with Crippen molar-refractivity contribution in [3.8, 4) is 17.3 Å². The Morgan fingerprint density at radius 2 is 1.87 bits per heavy atom. The van der Waals surface area contributed by atoms with Crippen LogP contribution in [0.15, 0.2) is 47.1 Å². The number of aromatic nitrogens is 3. The minimum absolute atomic E-state index is 0.236. The first-order valence-corrected chi connectivity index (χ1v) is 7.32. The van der Waals surface area contributed by atoms with Crippen molar-refractivity contribution in [1.82, 2.24) is 15.1 Å². The summed E-state index contributed by atoms with van der Waals surface area (Å²) in [6.07, 6.45) is 2.57. The molecule has 6 nitrogen and oxygen atoms in total. The van der Waals surface area contributed by atoms with Gasteiger partial charge in [-0.15, -0.1) is 0 Å². The lowest BCUT2D eigenvalue weighted by atomic mass is 10.0. The lowest BCUT2D eigenvalue weighted by Gasteiger charge is -2.16. The second-order valence-electron chi connectivity index (χ2n) is 5.67. The summed E-state index contributed by atoms with van der Waals surface area (Å²) < 4.78 is 10.4. The molecular formula is C17H15N3O3. The maximum atomic E-state index is 10.9. The van der Waals surface area contributed by atoms with E-state index in [1.165, 1.54) is 0 Å². The number of pyridine rings is 1. The van der Waals surface area contributed by atoms with Gasteiger partial charge >= 0.3 is 0 Å². The number of methoxy groups -OCH3 is 1. The molecule has 0 radical (unpaired) electrons. The van der Waals surface area contributed by atoms with E-state index in [9.17, 15) is 5.11 Å². The topological polar surface area (TPSA) is 81.3 Å². The lowest BCUT2D eigenvalue weighted by Crippen LogP contribution is -2.26. The predicted molar refractivity (Wildman–Crippen MR) is 81.8 cm³/mol. The molecule has 0 bridgehead atoms. The van der Waals surface area contributed by atoms with Crippen LogP contribution in [0.5, 0.6) is 5.88 Å². The van der Waals surface area contributed by atoms with Gasteiger partial charge in [0.15, 0.2) is 5.60 Å². The molecule has 0 saturated heterocycles. The smallest absolute Gasteiger partial charge is 0.259 e. The molecule has 6 heteroatoms. The minimum Gasteiger partial charge on any atom is -0.481 e.